The quantitative estimate of drug-likeness (QED) is 0.660. The Morgan fingerprint density at radius 1 is 1.15 bits per heavy atom. The largest absolute Gasteiger partial charge is 0.278 e. The molecule has 4 rings (SSSR count). The van der Waals surface area contributed by atoms with Gasteiger partial charge in [-0.1, -0.05) is 65.8 Å². The van der Waals surface area contributed by atoms with E-state index in [0.29, 0.717) is 16.6 Å². The van der Waals surface area contributed by atoms with Crippen LogP contribution in [0.2, 0.25) is 5.02 Å². The molecule has 1 aliphatic rings. The zero-order valence-corrected chi connectivity index (χ0v) is 15.9. The Hall–Kier alpha value is -2.15. The van der Waals surface area contributed by atoms with Crippen molar-refractivity contribution in [2.75, 3.05) is 4.90 Å². The molecule has 1 N–H and O–H groups in total. The fourth-order valence-electron chi connectivity index (χ4n) is 2.78. The van der Waals surface area contributed by atoms with Crippen LogP contribution in [-0.2, 0) is 11.2 Å². The van der Waals surface area contributed by atoms with E-state index < -0.39 is 0 Å². The van der Waals surface area contributed by atoms with Gasteiger partial charge >= 0.3 is 0 Å². The molecular weight excluding hydrogens is 386 g/mol. The predicted molar refractivity (Wildman–Crippen MR) is 108 cm³/mol. The first-order valence-electron chi connectivity index (χ1n) is 7.95. The number of aromatic nitrogens is 1. The van der Waals surface area contributed by atoms with Crippen molar-refractivity contribution in [3.63, 3.8) is 0 Å². The molecule has 7 heteroatoms. The molecule has 2 aromatic carbocycles. The number of amidine groups is 1. The van der Waals surface area contributed by atoms with Crippen LogP contribution in [0.5, 0.6) is 0 Å². The number of thiazole rings is 1. The summed E-state index contributed by atoms with van der Waals surface area (Å²) in [5.41, 5.74) is 2.00. The molecule has 4 nitrogen and oxygen atoms in total. The lowest BCUT2D eigenvalue weighted by Gasteiger charge is -2.11. The maximum absolute atomic E-state index is 12.8. The summed E-state index contributed by atoms with van der Waals surface area (Å²) in [5.74, 6) is -0.116. The summed E-state index contributed by atoms with van der Waals surface area (Å²) in [6, 6.07) is 17.2. The van der Waals surface area contributed by atoms with Crippen molar-refractivity contribution in [2.45, 2.75) is 11.7 Å². The van der Waals surface area contributed by atoms with E-state index in [9.17, 15) is 4.79 Å². The summed E-state index contributed by atoms with van der Waals surface area (Å²) in [7, 11) is 0. The van der Waals surface area contributed by atoms with Crippen LogP contribution in [0.4, 0.5) is 5.13 Å². The molecule has 1 atom stereocenters. The van der Waals surface area contributed by atoms with Crippen LogP contribution in [0.15, 0.2) is 60.8 Å². The number of nitrogens with zero attached hydrogens (tertiary/aromatic N) is 2. The second-order valence-electron chi connectivity index (χ2n) is 5.80. The number of hydrogen-bond donors (Lipinski definition) is 1. The number of anilines is 1. The van der Waals surface area contributed by atoms with Crippen LogP contribution in [0.25, 0.3) is 0 Å². The van der Waals surface area contributed by atoms with E-state index in [1.165, 1.54) is 28.0 Å². The Balaban J connectivity index is 1.55. The van der Waals surface area contributed by atoms with Crippen LogP contribution in [0, 0.1) is 5.41 Å². The lowest BCUT2D eigenvalue weighted by Crippen LogP contribution is -2.29. The fraction of sp³-hybridized carbons (Fsp3) is 0.105. The summed E-state index contributed by atoms with van der Waals surface area (Å²) < 4.78 is 0. The summed E-state index contributed by atoms with van der Waals surface area (Å²) in [6.45, 7) is 0. The van der Waals surface area contributed by atoms with E-state index in [-0.39, 0.29) is 16.3 Å². The number of benzene rings is 2. The fourth-order valence-corrected chi connectivity index (χ4v) is 5.01. The molecule has 0 aliphatic carbocycles. The standard InChI is InChI=1S/C19H14ClN3OS2/c20-14-8-4-5-12(9-14)10-15-11-22-19(25-15)23-17(24)16(26-18(23)21)13-6-2-1-3-7-13/h1-9,11,16,21H,10H2. The van der Waals surface area contributed by atoms with Gasteiger partial charge in [-0.05, 0) is 23.3 Å². The van der Waals surface area contributed by atoms with Gasteiger partial charge in [-0.3, -0.25) is 10.2 Å². The Labute approximate surface area is 164 Å². The van der Waals surface area contributed by atoms with Gasteiger partial charge in [0.1, 0.15) is 5.25 Å². The highest BCUT2D eigenvalue weighted by Gasteiger charge is 2.40. The minimum Gasteiger partial charge on any atom is -0.278 e. The molecule has 2 heterocycles. The molecule has 3 aromatic rings. The van der Waals surface area contributed by atoms with Gasteiger partial charge in [0.15, 0.2) is 10.3 Å². The molecule has 0 bridgehead atoms. The Bertz CT molecular complexity index is 974. The first-order valence-corrected chi connectivity index (χ1v) is 10.0. The normalized spacial score (nSPS) is 17.1. The third-order valence-corrected chi connectivity index (χ3v) is 6.31. The first kappa shape index (κ1) is 17.3. The van der Waals surface area contributed by atoms with Crippen LogP contribution in [0.1, 0.15) is 21.3 Å². The van der Waals surface area contributed by atoms with E-state index in [0.717, 1.165) is 16.0 Å². The van der Waals surface area contributed by atoms with Crippen molar-refractivity contribution in [1.29, 1.82) is 5.41 Å². The number of carbonyl (C=O) groups excluding carboxylic acids is 1. The third kappa shape index (κ3) is 3.40. The second-order valence-corrected chi connectivity index (χ2v) is 8.43. The summed E-state index contributed by atoms with van der Waals surface area (Å²) in [5, 5.41) is 9.30. The lowest BCUT2D eigenvalue weighted by molar-refractivity contribution is -0.117. The van der Waals surface area contributed by atoms with Gasteiger partial charge in [0.2, 0.25) is 0 Å². The minimum atomic E-state index is -0.385. The molecule has 0 saturated carbocycles. The molecule has 1 unspecified atom stereocenters. The third-order valence-electron chi connectivity index (χ3n) is 3.98. The van der Waals surface area contributed by atoms with Crippen LogP contribution in [-0.4, -0.2) is 16.1 Å². The van der Waals surface area contributed by atoms with Gasteiger partial charge < -0.3 is 0 Å². The highest BCUT2D eigenvalue weighted by molar-refractivity contribution is 8.15. The monoisotopic (exact) mass is 399 g/mol. The van der Waals surface area contributed by atoms with E-state index in [1.54, 1.807) is 6.20 Å². The SMILES string of the molecule is N=C1SC(c2ccccc2)C(=O)N1c1ncc(Cc2cccc(Cl)c2)s1. The maximum Gasteiger partial charge on any atom is 0.253 e. The van der Waals surface area contributed by atoms with Crippen LogP contribution < -0.4 is 4.90 Å². The number of nitrogens with one attached hydrogen (secondary N) is 1. The van der Waals surface area contributed by atoms with Gasteiger partial charge in [0, 0.05) is 22.5 Å². The summed E-state index contributed by atoms with van der Waals surface area (Å²) in [6.07, 6.45) is 2.46. The molecule has 1 aliphatic heterocycles. The van der Waals surface area contributed by atoms with Crippen molar-refractivity contribution in [2.24, 2.45) is 0 Å². The maximum atomic E-state index is 12.8. The zero-order valence-electron chi connectivity index (χ0n) is 13.6. The van der Waals surface area contributed by atoms with E-state index in [1.807, 2.05) is 54.6 Å². The topological polar surface area (TPSA) is 57.1 Å². The van der Waals surface area contributed by atoms with Crippen molar-refractivity contribution in [1.82, 2.24) is 4.98 Å². The van der Waals surface area contributed by atoms with Gasteiger partial charge in [0.25, 0.3) is 5.91 Å². The molecule has 1 amide bonds. The van der Waals surface area contributed by atoms with Gasteiger partial charge in [-0.15, -0.1) is 11.3 Å². The summed E-state index contributed by atoms with van der Waals surface area (Å²) >= 11 is 8.72. The van der Waals surface area contributed by atoms with E-state index in [2.05, 4.69) is 4.98 Å². The van der Waals surface area contributed by atoms with Crippen molar-refractivity contribution in [3.8, 4) is 0 Å². The predicted octanol–water partition coefficient (Wildman–Crippen LogP) is 5.14. The molecule has 0 radical (unpaired) electrons. The van der Waals surface area contributed by atoms with E-state index >= 15 is 0 Å². The Morgan fingerprint density at radius 2 is 1.96 bits per heavy atom. The van der Waals surface area contributed by atoms with Gasteiger partial charge in [0.05, 0.1) is 0 Å². The molecule has 1 saturated heterocycles. The average molecular weight is 400 g/mol. The van der Waals surface area contributed by atoms with Crippen molar-refractivity contribution in [3.05, 3.63) is 81.8 Å². The number of hydrogen-bond acceptors (Lipinski definition) is 5. The Morgan fingerprint density at radius 3 is 2.73 bits per heavy atom. The van der Waals surface area contributed by atoms with Crippen molar-refractivity contribution < 1.29 is 4.79 Å². The highest BCUT2D eigenvalue weighted by Crippen LogP contribution is 2.42. The van der Waals surface area contributed by atoms with Crippen LogP contribution in [0.3, 0.4) is 0 Å². The number of carbonyl (C=O) groups is 1. The molecule has 130 valence electrons. The molecular formula is C19H14ClN3OS2. The highest BCUT2D eigenvalue weighted by atomic mass is 35.5. The Kier molecular flexibility index (Phi) is 4.80. The first-order chi connectivity index (χ1) is 12.6. The van der Waals surface area contributed by atoms with Crippen molar-refractivity contribution >= 4 is 50.9 Å². The number of thioether (sulfide) groups is 1. The number of rotatable bonds is 4. The second kappa shape index (κ2) is 7.23. The van der Waals surface area contributed by atoms with Gasteiger partial charge in [-0.25, -0.2) is 9.88 Å². The molecule has 1 fully saturated rings. The average Bonchev–Trinajstić information content (AvgIpc) is 3.19. The van der Waals surface area contributed by atoms with Crippen LogP contribution >= 0.6 is 34.7 Å². The zero-order chi connectivity index (χ0) is 18.1. The minimum absolute atomic E-state index is 0.116. The summed E-state index contributed by atoms with van der Waals surface area (Å²) in [4.78, 5) is 19.7. The molecule has 26 heavy (non-hydrogen) atoms. The number of amides is 1. The lowest BCUT2D eigenvalue weighted by atomic mass is 10.1. The van der Waals surface area contributed by atoms with Gasteiger partial charge in [-0.2, -0.15) is 0 Å². The smallest absolute Gasteiger partial charge is 0.253 e. The van der Waals surface area contributed by atoms with E-state index in [4.69, 9.17) is 17.0 Å². The molecule has 0 spiro atoms. The molecule has 1 aromatic heterocycles. The number of halogens is 1.